The molecule has 1 aromatic heterocycles. The molecule has 0 unspecified atom stereocenters. The molecule has 0 saturated heterocycles. The summed E-state index contributed by atoms with van der Waals surface area (Å²) >= 11 is 0. The summed E-state index contributed by atoms with van der Waals surface area (Å²) in [6.45, 7) is 4.45. The summed E-state index contributed by atoms with van der Waals surface area (Å²) in [6.07, 6.45) is 7.19. The SMILES string of the molecule is [C-]#Cc1ccc(-n2c3ccccc3c3ccccc32)cc1.[Pt+4].[c-]1c(N2[CH-]N(c3c(-c4ccccc4)cccc3-c3ccccc3)c3ccccc32)cccc1N1[CH-]N(c2c(-c3ccccc3)cccc2-c2ccccc2)c2ccccc21. The number of benzene rings is 12. The van der Waals surface area contributed by atoms with E-state index < -0.39 is 0 Å². The first kappa shape index (κ1) is 51.3. The standard InChI is InChI=1S/C56H39N4.C20H12N.Pt/c1-5-20-41(21-6-1)47-30-18-31-48(42-22-7-2-8-23-42)55(47)59-39-57(51-34-13-15-36-53(51)59)45-28-17-29-46(38-45)58-40-60(54-37-16-14-35-52(54)58)56-49(43-24-9-3-10-25-43)32-19-33-50(56)44-26-11-4-12-27-44;1-2-15-11-13-16(14-12-15)21-19-9-5-3-7-17(19)18-8-4-6-10-20(18)21;/h1-37,39-40H;3-14H;/q-3;-1;+4. The van der Waals surface area contributed by atoms with Crippen LogP contribution in [0.15, 0.2) is 297 Å². The maximum atomic E-state index is 7.19. The van der Waals surface area contributed by atoms with Gasteiger partial charge in [-0.2, -0.15) is 6.07 Å². The number of aromatic nitrogens is 1. The molecule has 15 rings (SSSR count). The Balaban J connectivity index is 0.000000240. The zero-order valence-corrected chi connectivity index (χ0v) is 46.8. The molecular weight excluding hydrogens is 1180 g/mol. The van der Waals surface area contributed by atoms with E-state index in [2.05, 4.69) is 322 Å². The normalized spacial score (nSPS) is 12.3. The number of hydrogen-bond acceptors (Lipinski definition) is 4. The molecule has 0 atom stereocenters. The molecule has 0 aliphatic carbocycles. The van der Waals surface area contributed by atoms with Crippen LogP contribution in [0.2, 0.25) is 0 Å². The monoisotopic (exact) mass is 1230 g/mol. The fourth-order valence-electron chi connectivity index (χ4n) is 11.6. The molecule has 0 bridgehead atoms. The Hall–Kier alpha value is -10.1. The maximum absolute atomic E-state index is 7.19. The second-order valence-electron chi connectivity index (χ2n) is 20.0. The van der Waals surface area contributed by atoms with Crippen LogP contribution in [0.25, 0.3) is 72.0 Å². The van der Waals surface area contributed by atoms with Crippen molar-refractivity contribution in [2.24, 2.45) is 0 Å². The van der Waals surface area contributed by atoms with Crippen molar-refractivity contribution in [2.75, 3.05) is 19.6 Å². The van der Waals surface area contributed by atoms with Gasteiger partial charge in [0, 0.05) is 72.8 Å². The molecule has 390 valence electrons. The largest absolute Gasteiger partial charge is 4.00 e. The minimum absolute atomic E-state index is 0. The van der Waals surface area contributed by atoms with Crippen molar-refractivity contribution in [1.29, 1.82) is 0 Å². The third-order valence-electron chi connectivity index (χ3n) is 15.3. The Morgan fingerprint density at radius 3 is 0.988 bits per heavy atom. The third-order valence-corrected chi connectivity index (χ3v) is 15.3. The molecule has 2 aliphatic heterocycles. The first-order chi connectivity index (χ1) is 40.2. The molecule has 2 aliphatic rings. The summed E-state index contributed by atoms with van der Waals surface area (Å²) in [5.41, 5.74) is 22.1. The first-order valence-electron chi connectivity index (χ1n) is 27.2. The van der Waals surface area contributed by atoms with Gasteiger partial charge in [0.2, 0.25) is 0 Å². The molecule has 0 radical (unpaired) electrons. The zero-order valence-electron chi connectivity index (χ0n) is 44.5. The van der Waals surface area contributed by atoms with Crippen LogP contribution in [-0.2, 0) is 21.1 Å². The van der Waals surface area contributed by atoms with Crippen LogP contribution in [0.1, 0.15) is 5.56 Å². The third kappa shape index (κ3) is 9.39. The van der Waals surface area contributed by atoms with Crippen molar-refractivity contribution in [3.63, 3.8) is 0 Å². The Morgan fingerprint density at radius 2 is 0.622 bits per heavy atom. The van der Waals surface area contributed by atoms with E-state index in [1.54, 1.807) is 0 Å². The molecule has 3 heterocycles. The van der Waals surface area contributed by atoms with E-state index in [4.69, 9.17) is 6.42 Å². The molecule has 0 amide bonds. The number of para-hydroxylation sites is 8. The molecule has 6 heteroatoms. The number of nitrogens with zero attached hydrogens (tertiary/aromatic N) is 5. The van der Waals surface area contributed by atoms with Gasteiger partial charge in [-0.1, -0.05) is 231 Å². The van der Waals surface area contributed by atoms with Gasteiger partial charge in [-0.05, 0) is 58.7 Å². The number of hydrogen-bond donors (Lipinski definition) is 0. The smallest absolute Gasteiger partial charge is 0.493 e. The van der Waals surface area contributed by atoms with Gasteiger partial charge in [0.1, 0.15) is 0 Å². The van der Waals surface area contributed by atoms with E-state index in [0.29, 0.717) is 0 Å². The van der Waals surface area contributed by atoms with E-state index >= 15 is 0 Å². The van der Waals surface area contributed by atoms with Crippen molar-refractivity contribution < 1.29 is 21.1 Å². The molecule has 12 aromatic carbocycles. The molecule has 5 nitrogen and oxygen atoms in total. The van der Waals surface area contributed by atoms with Crippen LogP contribution < -0.4 is 19.6 Å². The first-order valence-corrected chi connectivity index (χ1v) is 27.2. The number of rotatable bonds is 9. The van der Waals surface area contributed by atoms with E-state index in [9.17, 15) is 0 Å². The average molecular weight is 1230 g/mol. The summed E-state index contributed by atoms with van der Waals surface area (Å²) in [5.74, 6) is 2.41. The summed E-state index contributed by atoms with van der Waals surface area (Å²) in [6, 6.07) is 108. The van der Waals surface area contributed by atoms with E-state index in [-0.39, 0.29) is 21.1 Å². The van der Waals surface area contributed by atoms with Crippen LogP contribution >= 0.6 is 0 Å². The summed E-state index contributed by atoms with van der Waals surface area (Å²) in [7, 11) is 0. The molecule has 13 aromatic rings. The Morgan fingerprint density at radius 1 is 0.305 bits per heavy atom. The number of fused-ring (bicyclic) bond motifs is 5. The molecule has 0 fully saturated rings. The second kappa shape index (κ2) is 22.6. The van der Waals surface area contributed by atoms with Gasteiger partial charge < -0.3 is 30.6 Å². The van der Waals surface area contributed by atoms with Crippen molar-refractivity contribution in [2.45, 2.75) is 0 Å². The Bertz CT molecular complexity index is 4070. The van der Waals surface area contributed by atoms with Crippen LogP contribution in [0.3, 0.4) is 0 Å². The van der Waals surface area contributed by atoms with E-state index in [1.807, 2.05) is 24.3 Å². The second-order valence-corrected chi connectivity index (χ2v) is 20.0. The molecule has 82 heavy (non-hydrogen) atoms. The summed E-state index contributed by atoms with van der Waals surface area (Å²) < 4.78 is 2.26. The predicted molar refractivity (Wildman–Crippen MR) is 337 cm³/mol. The molecule has 0 N–H and O–H groups in total. The van der Waals surface area contributed by atoms with Gasteiger partial charge >= 0.3 is 21.1 Å². The van der Waals surface area contributed by atoms with Gasteiger partial charge in [0.05, 0.1) is 11.0 Å². The van der Waals surface area contributed by atoms with Gasteiger partial charge in [-0.15, -0.1) is 60.6 Å². The predicted octanol–water partition coefficient (Wildman–Crippen LogP) is 19.7. The van der Waals surface area contributed by atoms with Crippen LogP contribution in [0, 0.1) is 31.7 Å². The maximum Gasteiger partial charge on any atom is 4.00 e. The van der Waals surface area contributed by atoms with E-state index in [0.717, 1.165) is 79.0 Å². The topological polar surface area (TPSA) is 17.9 Å². The summed E-state index contributed by atoms with van der Waals surface area (Å²) in [5, 5.41) is 2.52. The zero-order chi connectivity index (χ0) is 54.1. The van der Waals surface area contributed by atoms with Gasteiger partial charge in [0.25, 0.3) is 0 Å². The Kier molecular flexibility index (Phi) is 14.1. The average Bonchev–Trinajstić information content (AvgIpc) is 4.42. The molecule has 0 saturated carbocycles. The van der Waals surface area contributed by atoms with Crippen molar-refractivity contribution in [1.82, 2.24) is 4.57 Å². The van der Waals surface area contributed by atoms with Gasteiger partial charge in [-0.25, -0.2) is 0 Å². The quantitative estimate of drug-likeness (QED) is 0.106. The Labute approximate surface area is 494 Å². The van der Waals surface area contributed by atoms with Crippen molar-refractivity contribution in [3.8, 4) is 56.1 Å². The van der Waals surface area contributed by atoms with Crippen LogP contribution in [-0.4, -0.2) is 4.57 Å². The molecule has 0 spiro atoms. The van der Waals surface area contributed by atoms with E-state index in [1.165, 1.54) is 44.1 Å². The van der Waals surface area contributed by atoms with Crippen molar-refractivity contribution >= 4 is 67.3 Å². The summed E-state index contributed by atoms with van der Waals surface area (Å²) in [4.78, 5) is 9.25. The minimum atomic E-state index is 0. The fourth-order valence-corrected chi connectivity index (χ4v) is 11.6. The van der Waals surface area contributed by atoms with Gasteiger partial charge in [0.15, 0.2) is 0 Å². The van der Waals surface area contributed by atoms with Crippen LogP contribution in [0.5, 0.6) is 0 Å². The minimum Gasteiger partial charge on any atom is -0.493 e. The number of anilines is 8. The van der Waals surface area contributed by atoms with Crippen molar-refractivity contribution in [3.05, 3.63) is 329 Å². The van der Waals surface area contributed by atoms with Crippen LogP contribution in [0.4, 0.5) is 45.5 Å². The molecular formula is C76H51N5Pt. The fraction of sp³-hybridized carbons (Fsp3) is 0. The van der Waals surface area contributed by atoms with Gasteiger partial charge in [-0.3, -0.25) is 5.92 Å².